The summed E-state index contributed by atoms with van der Waals surface area (Å²) >= 11 is 6.49. The molecule has 30 heavy (non-hydrogen) atoms. The van der Waals surface area contributed by atoms with Gasteiger partial charge in [-0.25, -0.2) is 0 Å². The molecule has 2 aliphatic rings. The largest absolute Gasteiger partial charge is 0.366 e. The fraction of sp³-hybridized carbons (Fsp3) is 0.591. The van der Waals surface area contributed by atoms with Crippen molar-refractivity contribution in [2.24, 2.45) is 0 Å². The van der Waals surface area contributed by atoms with Gasteiger partial charge in [-0.05, 0) is 44.2 Å². The Hall–Kier alpha value is -1.96. The lowest BCUT2D eigenvalue weighted by molar-refractivity contribution is -0.0424. The van der Waals surface area contributed by atoms with Gasteiger partial charge in [0.15, 0.2) is 6.23 Å². The van der Waals surface area contributed by atoms with Crippen LogP contribution in [0.1, 0.15) is 56.6 Å². The minimum atomic E-state index is -0.303. The molecule has 0 aliphatic carbocycles. The summed E-state index contributed by atoms with van der Waals surface area (Å²) in [6.45, 7) is 8.44. The van der Waals surface area contributed by atoms with Crippen LogP contribution in [-0.2, 0) is 11.2 Å². The van der Waals surface area contributed by atoms with E-state index in [4.69, 9.17) is 16.3 Å². The van der Waals surface area contributed by atoms with Gasteiger partial charge in [-0.3, -0.25) is 14.7 Å². The fourth-order valence-corrected chi connectivity index (χ4v) is 4.71. The minimum Gasteiger partial charge on any atom is -0.366 e. The first-order chi connectivity index (χ1) is 14.6. The molecule has 8 heteroatoms. The summed E-state index contributed by atoms with van der Waals surface area (Å²) in [5, 5.41) is 4.63. The minimum absolute atomic E-state index is 0.237. The van der Waals surface area contributed by atoms with Crippen molar-refractivity contribution in [3.8, 4) is 0 Å². The first-order valence-corrected chi connectivity index (χ1v) is 11.3. The zero-order valence-electron chi connectivity index (χ0n) is 17.8. The second-order valence-corrected chi connectivity index (χ2v) is 8.38. The number of halogens is 1. The number of piperazine rings is 1. The second kappa shape index (κ2) is 9.45. The molecule has 4 heterocycles. The van der Waals surface area contributed by atoms with Crippen LogP contribution in [0.15, 0.2) is 29.3 Å². The van der Waals surface area contributed by atoms with Crippen molar-refractivity contribution < 1.29 is 4.74 Å². The topological polar surface area (TPSA) is 63.5 Å². The standard InChI is InChI=1S/C22H30ClN5O2/c1-3-18-17(7-6-9-24-18)16(2)26-10-12-27(13-11-26)19-15-25-28(22(29)21(19)23)20-8-4-5-14-30-20/h6-7,9,15-16,20H,3-5,8,10-14H2,1-2H3/t16-,20?/m1/s1. The van der Waals surface area contributed by atoms with Crippen molar-refractivity contribution >= 4 is 17.3 Å². The molecular weight excluding hydrogens is 402 g/mol. The predicted octanol–water partition coefficient (Wildman–Crippen LogP) is 3.44. The zero-order valence-corrected chi connectivity index (χ0v) is 18.5. The Morgan fingerprint density at radius 1 is 1.27 bits per heavy atom. The maximum absolute atomic E-state index is 12.8. The van der Waals surface area contributed by atoms with E-state index in [0.29, 0.717) is 12.6 Å². The Labute approximate surface area is 182 Å². The molecule has 1 unspecified atom stereocenters. The number of ether oxygens (including phenoxy) is 1. The van der Waals surface area contributed by atoms with Crippen LogP contribution in [0.4, 0.5) is 5.69 Å². The van der Waals surface area contributed by atoms with Gasteiger partial charge < -0.3 is 9.64 Å². The third kappa shape index (κ3) is 4.24. The summed E-state index contributed by atoms with van der Waals surface area (Å²) in [5.41, 5.74) is 2.91. The van der Waals surface area contributed by atoms with Gasteiger partial charge in [-0.2, -0.15) is 9.78 Å². The number of aryl methyl sites for hydroxylation is 1. The normalized spacial score (nSPS) is 21.6. The van der Waals surface area contributed by atoms with Crippen molar-refractivity contribution in [2.45, 2.75) is 51.8 Å². The smallest absolute Gasteiger partial charge is 0.290 e. The molecule has 2 aromatic heterocycles. The molecule has 2 saturated heterocycles. The highest BCUT2D eigenvalue weighted by molar-refractivity contribution is 6.33. The lowest BCUT2D eigenvalue weighted by Crippen LogP contribution is -2.48. The maximum Gasteiger partial charge on any atom is 0.290 e. The molecule has 2 aromatic rings. The lowest BCUT2D eigenvalue weighted by atomic mass is 10.0. The quantitative estimate of drug-likeness (QED) is 0.722. The molecule has 0 saturated carbocycles. The summed E-state index contributed by atoms with van der Waals surface area (Å²) in [4.78, 5) is 22.0. The van der Waals surface area contributed by atoms with Crippen LogP contribution < -0.4 is 10.5 Å². The van der Waals surface area contributed by atoms with Crippen molar-refractivity contribution in [3.05, 3.63) is 51.2 Å². The first kappa shape index (κ1) is 21.3. The number of nitrogens with zero attached hydrogens (tertiary/aromatic N) is 5. The number of aromatic nitrogens is 3. The van der Waals surface area contributed by atoms with Crippen LogP contribution in [0.25, 0.3) is 0 Å². The molecule has 0 N–H and O–H groups in total. The second-order valence-electron chi connectivity index (χ2n) is 8.01. The van der Waals surface area contributed by atoms with Crippen LogP contribution in [0, 0.1) is 0 Å². The molecule has 0 aromatic carbocycles. The molecule has 4 rings (SSSR count). The number of pyridine rings is 1. The molecular formula is C22H30ClN5O2. The Morgan fingerprint density at radius 3 is 2.77 bits per heavy atom. The Morgan fingerprint density at radius 2 is 2.07 bits per heavy atom. The van der Waals surface area contributed by atoms with Gasteiger partial charge in [0.25, 0.3) is 5.56 Å². The van der Waals surface area contributed by atoms with Crippen molar-refractivity contribution in [2.75, 3.05) is 37.7 Å². The fourth-order valence-electron chi connectivity index (χ4n) is 4.45. The highest BCUT2D eigenvalue weighted by Gasteiger charge is 2.27. The van der Waals surface area contributed by atoms with E-state index in [-0.39, 0.29) is 16.8 Å². The average molecular weight is 432 g/mol. The highest BCUT2D eigenvalue weighted by Crippen LogP contribution is 2.28. The molecule has 2 aliphatic heterocycles. The van der Waals surface area contributed by atoms with Crippen molar-refractivity contribution in [3.63, 3.8) is 0 Å². The molecule has 0 bridgehead atoms. The zero-order chi connectivity index (χ0) is 21.1. The van der Waals surface area contributed by atoms with Crippen molar-refractivity contribution in [1.82, 2.24) is 19.7 Å². The van der Waals surface area contributed by atoms with Gasteiger partial charge in [-0.1, -0.05) is 24.6 Å². The number of anilines is 1. The third-order valence-corrected chi connectivity index (χ3v) is 6.62. The van der Waals surface area contributed by atoms with E-state index in [2.05, 4.69) is 39.8 Å². The van der Waals surface area contributed by atoms with Gasteiger partial charge in [-0.15, -0.1) is 0 Å². The predicted molar refractivity (Wildman–Crippen MR) is 118 cm³/mol. The van der Waals surface area contributed by atoms with Crippen LogP contribution in [0.5, 0.6) is 0 Å². The summed E-state index contributed by atoms with van der Waals surface area (Å²) in [7, 11) is 0. The van der Waals surface area contributed by atoms with E-state index in [1.54, 1.807) is 6.20 Å². The van der Waals surface area contributed by atoms with Gasteiger partial charge in [0.05, 0.1) is 11.9 Å². The van der Waals surface area contributed by atoms with E-state index in [0.717, 1.165) is 63.2 Å². The van der Waals surface area contributed by atoms with Crippen LogP contribution in [-0.4, -0.2) is 52.5 Å². The SMILES string of the molecule is CCc1ncccc1[C@@H](C)N1CCN(c2cnn(C3CCCCO3)c(=O)c2Cl)CC1. The molecule has 2 fully saturated rings. The van der Waals surface area contributed by atoms with Crippen molar-refractivity contribution in [1.29, 1.82) is 0 Å². The van der Waals surface area contributed by atoms with E-state index in [1.807, 2.05) is 12.3 Å². The van der Waals surface area contributed by atoms with E-state index in [9.17, 15) is 4.79 Å². The summed E-state index contributed by atoms with van der Waals surface area (Å²) in [5.74, 6) is 0. The molecule has 0 amide bonds. The molecule has 2 atom stereocenters. The van der Waals surface area contributed by atoms with E-state index in [1.165, 1.54) is 10.2 Å². The van der Waals surface area contributed by atoms with Gasteiger partial charge >= 0.3 is 0 Å². The Balaban J connectivity index is 1.45. The van der Waals surface area contributed by atoms with Gasteiger partial charge in [0, 0.05) is 50.7 Å². The van der Waals surface area contributed by atoms with E-state index >= 15 is 0 Å². The number of hydrogen-bond acceptors (Lipinski definition) is 6. The third-order valence-electron chi connectivity index (χ3n) is 6.27. The van der Waals surface area contributed by atoms with E-state index < -0.39 is 0 Å². The Bertz CT molecular complexity index is 920. The average Bonchev–Trinajstić information content (AvgIpc) is 2.81. The maximum atomic E-state index is 12.8. The summed E-state index contributed by atoms with van der Waals surface area (Å²) < 4.78 is 7.10. The monoisotopic (exact) mass is 431 g/mol. The molecule has 0 spiro atoms. The number of rotatable bonds is 5. The summed E-state index contributed by atoms with van der Waals surface area (Å²) in [6, 6.07) is 4.50. The van der Waals surface area contributed by atoms with Gasteiger partial charge in [0.2, 0.25) is 0 Å². The van der Waals surface area contributed by atoms with Gasteiger partial charge in [0.1, 0.15) is 5.02 Å². The molecule has 7 nitrogen and oxygen atoms in total. The molecule has 0 radical (unpaired) electrons. The number of hydrogen-bond donors (Lipinski definition) is 0. The summed E-state index contributed by atoms with van der Waals surface area (Å²) in [6.07, 6.45) is 7.08. The van der Waals surface area contributed by atoms with Crippen LogP contribution in [0.2, 0.25) is 5.02 Å². The molecule has 162 valence electrons. The Kier molecular flexibility index (Phi) is 6.71. The lowest BCUT2D eigenvalue weighted by Gasteiger charge is -2.39. The first-order valence-electron chi connectivity index (χ1n) is 10.9. The highest BCUT2D eigenvalue weighted by atomic mass is 35.5. The van der Waals surface area contributed by atoms with Crippen LogP contribution in [0.3, 0.4) is 0 Å². The van der Waals surface area contributed by atoms with Crippen LogP contribution >= 0.6 is 11.6 Å².